The third kappa shape index (κ3) is 14.7. The van der Waals surface area contributed by atoms with Crippen molar-refractivity contribution >= 4 is 18.5 Å². The lowest BCUT2D eigenvalue weighted by molar-refractivity contribution is -0.396. The molecule has 0 aromatic heterocycles. The average molecular weight is 1280 g/mol. The Hall–Kier alpha value is -1.62. The highest BCUT2D eigenvalue weighted by atomic mass is 32.1. The van der Waals surface area contributed by atoms with E-state index < -0.39 is 267 Å². The Morgan fingerprint density at radius 3 is 0.721 bits per heavy atom. The molecule has 21 aliphatic rings. The highest BCUT2D eigenvalue weighted by Gasteiger charge is 2.59. The molecule has 0 unspecified atom stereocenters. The van der Waals surface area contributed by atoms with Gasteiger partial charge in [0.25, 0.3) is 0 Å². The minimum absolute atomic E-state index is 0.0150. The molecular weight excluding hydrogens is 1200 g/mol. The van der Waals surface area contributed by atoms with Crippen LogP contribution in [0.25, 0.3) is 0 Å². The summed E-state index contributed by atoms with van der Waals surface area (Å²) in [4.78, 5) is 12.3. The van der Waals surface area contributed by atoms with E-state index in [-0.39, 0.29) is 25.4 Å². The second-order valence-corrected chi connectivity index (χ2v) is 22.1. The van der Waals surface area contributed by atoms with Crippen molar-refractivity contribution in [2.75, 3.05) is 65.0 Å². The van der Waals surface area contributed by atoms with Crippen LogP contribution in [-0.4, -0.2) is 394 Å². The SMILES string of the molecule is N[C@@H](CS)C(=O)NCCNC[C@H]1O[C@@H]2O[C@H]3[C@H](O)[C@@H](O)[C@@H](O[C@H]4[C@H](O)[C@@H](O)[C@@H](O[C@H]5[C@H](O)[C@@H](O)[C@@H](O[C@H]6[C@H](O)[C@@H](O)[C@@H](O[C@H]7[C@H](O)[C@@H](O)[C@@H](O[C@H]8[C@H](O)[C@@H](O)[C@@H](O[C@H]1[C@H](O)[C@H]2O)O[C@@H]8CO)O[C@@H]7CO)O[C@@H]6CO)O[C@@H]5CO)O[C@@H]4CO)O[C@@H]3CO. The standard InChI is InChI=1S/C47H81N3O35S/c48-11(10-86)40(71)50-2-1-49-3-12-33-19(57)26(64)41(72-12)80-34-13(4-51)74-43(28(66)21(34)59)82-36-15(6-53)76-45(30(68)23(36)61)84-38-17(8-55)78-47(32(70)25(38)63)85-39-18(9-56)77-46(31(69)24(39)62)83-37-16(7-54)75-44(29(67)22(37)60)81-35-14(5-52)73-42(79-33)27(65)20(35)58/h11-39,41-47,49,51-70,86H,1-10,48H2,(H,50,71)/t11-,12+,13+,14+,15+,16+,17+,18+,19+,20+,21+,22+,23+,24+,25+,26+,27+,28+,29+,30+,31+,32+,33+,34+,35+,36+,37+,38+,39+,41+,42+,43+,44+,45+,46+,47+/m0/s1. The number of aliphatic hydroxyl groups is 20. The Morgan fingerprint density at radius 2 is 0.523 bits per heavy atom. The van der Waals surface area contributed by atoms with Gasteiger partial charge in [-0.05, 0) is 0 Å². The number of rotatable bonds is 13. The summed E-state index contributed by atoms with van der Waals surface area (Å²) in [5.41, 5.74) is 5.73. The zero-order chi connectivity index (χ0) is 62.7. The zero-order valence-electron chi connectivity index (χ0n) is 45.4. The number of carbonyl (C=O) groups excluding carboxylic acids is 1. The minimum atomic E-state index is -2.23. The Balaban J connectivity index is 1.09. The molecular formula is C47H81N3O35S. The van der Waals surface area contributed by atoms with Crippen molar-refractivity contribution in [3.05, 3.63) is 0 Å². The molecule has 500 valence electrons. The maximum atomic E-state index is 12.3. The van der Waals surface area contributed by atoms with Gasteiger partial charge in [-0.3, -0.25) is 4.79 Å². The van der Waals surface area contributed by atoms with Crippen LogP contribution in [0.1, 0.15) is 0 Å². The van der Waals surface area contributed by atoms with Crippen LogP contribution in [0.5, 0.6) is 0 Å². The van der Waals surface area contributed by atoms with Gasteiger partial charge in [0.05, 0.1) is 45.7 Å². The van der Waals surface area contributed by atoms with Crippen molar-refractivity contribution in [2.24, 2.45) is 5.73 Å². The summed E-state index contributed by atoms with van der Waals surface area (Å²) in [5.74, 6) is -0.544. The predicted octanol–water partition coefficient (Wildman–Crippen LogP) is -16.3. The first-order valence-electron chi connectivity index (χ1n) is 27.7. The van der Waals surface area contributed by atoms with Gasteiger partial charge in [0, 0.05) is 25.4 Å². The molecule has 86 heavy (non-hydrogen) atoms. The molecule has 21 fully saturated rings. The molecule has 39 heteroatoms. The lowest BCUT2D eigenvalue weighted by atomic mass is 9.95. The van der Waals surface area contributed by atoms with Gasteiger partial charge < -0.3 is 185 Å². The second kappa shape index (κ2) is 30.9. The van der Waals surface area contributed by atoms with E-state index in [0.717, 1.165) is 0 Å². The normalized spacial score (nSPS) is 51.1. The monoisotopic (exact) mass is 1280 g/mol. The fraction of sp³-hybridized carbons (Fsp3) is 0.979. The molecule has 0 spiro atoms. The second-order valence-electron chi connectivity index (χ2n) is 21.8. The van der Waals surface area contributed by atoms with Crippen molar-refractivity contribution in [3.8, 4) is 0 Å². The molecule has 36 atom stereocenters. The van der Waals surface area contributed by atoms with Crippen molar-refractivity contribution in [3.63, 3.8) is 0 Å². The van der Waals surface area contributed by atoms with E-state index in [1.54, 1.807) is 0 Å². The lowest BCUT2D eigenvalue weighted by Crippen LogP contribution is -2.68. The highest BCUT2D eigenvalue weighted by molar-refractivity contribution is 7.80. The summed E-state index contributed by atoms with van der Waals surface area (Å²) in [6, 6.07) is -0.961. The fourth-order valence-corrected chi connectivity index (χ4v) is 11.3. The highest BCUT2D eigenvalue weighted by Crippen LogP contribution is 2.39. The van der Waals surface area contributed by atoms with E-state index >= 15 is 0 Å². The zero-order valence-corrected chi connectivity index (χ0v) is 46.3. The topological polar surface area (TPSA) is 601 Å². The van der Waals surface area contributed by atoms with Crippen LogP contribution in [0, 0.1) is 0 Å². The number of aliphatic hydroxyl groups excluding tert-OH is 20. The van der Waals surface area contributed by atoms with Crippen LogP contribution in [0.3, 0.4) is 0 Å². The van der Waals surface area contributed by atoms with Crippen LogP contribution in [0.15, 0.2) is 0 Å². The van der Waals surface area contributed by atoms with Crippen molar-refractivity contribution in [1.29, 1.82) is 0 Å². The lowest BCUT2D eigenvalue weighted by Gasteiger charge is -2.50. The molecule has 0 aliphatic carbocycles. The van der Waals surface area contributed by atoms with E-state index in [9.17, 15) is 107 Å². The van der Waals surface area contributed by atoms with Crippen LogP contribution < -0.4 is 16.4 Å². The van der Waals surface area contributed by atoms with Crippen molar-refractivity contribution < 1.29 is 173 Å². The maximum Gasteiger partial charge on any atom is 0.237 e. The summed E-state index contributed by atoms with van der Waals surface area (Å²) in [6.45, 7) is -6.81. The Kier molecular flexibility index (Phi) is 25.2. The molecule has 14 bridgehead atoms. The van der Waals surface area contributed by atoms with Crippen LogP contribution >= 0.6 is 12.6 Å². The van der Waals surface area contributed by atoms with Crippen molar-refractivity contribution in [2.45, 2.75) is 221 Å². The first-order chi connectivity index (χ1) is 41.0. The first kappa shape index (κ1) is 70.3. The average Bonchev–Trinajstić information content (AvgIpc) is 1.42. The number of hydrogen-bond acceptors (Lipinski definition) is 38. The quantitative estimate of drug-likeness (QED) is 0.0601. The third-order valence-corrected chi connectivity index (χ3v) is 16.5. The molecule has 0 aromatic rings. The smallest absolute Gasteiger partial charge is 0.237 e. The third-order valence-electron chi connectivity index (χ3n) is 16.1. The number of nitrogens with two attached hydrogens (primary N) is 1. The summed E-state index contributed by atoms with van der Waals surface area (Å²) >= 11 is 4.00. The molecule has 0 aromatic carbocycles. The summed E-state index contributed by atoms with van der Waals surface area (Å²) in [6.07, 6.45) is -70.4. The molecule has 0 radical (unpaired) electrons. The van der Waals surface area contributed by atoms with Gasteiger partial charge in [0.1, 0.15) is 171 Å². The molecule has 21 aliphatic heterocycles. The van der Waals surface area contributed by atoms with Gasteiger partial charge in [-0.25, -0.2) is 0 Å². The first-order valence-corrected chi connectivity index (χ1v) is 28.3. The van der Waals surface area contributed by atoms with E-state index in [1.807, 2.05) is 0 Å². The van der Waals surface area contributed by atoms with Crippen LogP contribution in [0.2, 0.25) is 0 Å². The van der Waals surface area contributed by atoms with Crippen molar-refractivity contribution in [1.82, 2.24) is 10.6 Å². The summed E-state index contributed by atoms with van der Waals surface area (Å²) in [7, 11) is 0. The van der Waals surface area contributed by atoms with Gasteiger partial charge in [-0.1, -0.05) is 0 Å². The van der Waals surface area contributed by atoms with E-state index in [4.69, 9.17) is 72.0 Å². The van der Waals surface area contributed by atoms with Crippen LogP contribution in [-0.2, 0) is 71.1 Å². The number of nitrogens with one attached hydrogen (secondary N) is 2. The van der Waals surface area contributed by atoms with Gasteiger partial charge in [0.2, 0.25) is 5.91 Å². The number of hydrogen-bond donors (Lipinski definition) is 24. The Labute approximate surface area is 493 Å². The molecule has 0 saturated carbocycles. The molecule has 24 N–H and O–H groups in total. The summed E-state index contributed by atoms with van der Waals surface area (Å²) in [5, 5.41) is 229. The molecule has 21 rings (SSSR count). The van der Waals surface area contributed by atoms with E-state index in [2.05, 4.69) is 23.3 Å². The molecule has 21 heterocycles. The van der Waals surface area contributed by atoms with E-state index in [0.29, 0.717) is 0 Å². The minimum Gasteiger partial charge on any atom is -0.394 e. The van der Waals surface area contributed by atoms with Gasteiger partial charge >= 0.3 is 0 Å². The number of thiol groups is 1. The van der Waals surface area contributed by atoms with Crippen LogP contribution in [0.4, 0.5) is 0 Å². The van der Waals surface area contributed by atoms with E-state index in [1.165, 1.54) is 0 Å². The Bertz CT molecular complexity index is 2080. The molecule has 1 amide bonds. The Morgan fingerprint density at radius 1 is 0.326 bits per heavy atom. The van der Waals surface area contributed by atoms with Gasteiger partial charge in [0.15, 0.2) is 44.0 Å². The number of carbonyl (C=O) groups is 1. The molecule has 38 nitrogen and oxygen atoms in total. The number of ether oxygens (including phenoxy) is 14. The predicted molar refractivity (Wildman–Crippen MR) is 269 cm³/mol. The van der Waals surface area contributed by atoms with Gasteiger partial charge in [-0.2, -0.15) is 12.6 Å². The molecule has 21 saturated heterocycles. The maximum absolute atomic E-state index is 12.3. The largest absolute Gasteiger partial charge is 0.394 e. The fourth-order valence-electron chi connectivity index (χ4n) is 11.2. The number of amides is 1. The van der Waals surface area contributed by atoms with Gasteiger partial charge in [-0.15, -0.1) is 0 Å². The summed E-state index contributed by atoms with van der Waals surface area (Å²) < 4.78 is 81.0.